The number of nitrogens with zero attached hydrogens (tertiary/aromatic N) is 3. The summed E-state index contributed by atoms with van der Waals surface area (Å²) in [7, 11) is 0. The van der Waals surface area contributed by atoms with E-state index in [1.807, 2.05) is 25.1 Å². The highest BCUT2D eigenvalue weighted by Crippen LogP contribution is 2.43. The van der Waals surface area contributed by atoms with Gasteiger partial charge in [0, 0.05) is 21.5 Å². The van der Waals surface area contributed by atoms with Crippen molar-refractivity contribution in [2.24, 2.45) is 5.10 Å². The molecule has 0 atom stereocenters. The van der Waals surface area contributed by atoms with Crippen LogP contribution in [-0.2, 0) is 6.61 Å². The molecule has 9 heteroatoms. The lowest BCUT2D eigenvalue weighted by atomic mass is 9.88. The van der Waals surface area contributed by atoms with E-state index in [0.29, 0.717) is 50.4 Å². The number of para-hydroxylation sites is 1. The molecule has 3 aromatic carbocycles. The fourth-order valence-electron chi connectivity index (χ4n) is 4.86. The van der Waals surface area contributed by atoms with Crippen molar-refractivity contribution in [1.82, 2.24) is 9.66 Å². The van der Waals surface area contributed by atoms with E-state index in [2.05, 4.69) is 21.0 Å². The van der Waals surface area contributed by atoms with Gasteiger partial charge in [-0.2, -0.15) is 9.78 Å². The van der Waals surface area contributed by atoms with Crippen molar-refractivity contribution in [1.29, 1.82) is 0 Å². The van der Waals surface area contributed by atoms with Crippen LogP contribution in [0, 0.1) is 5.82 Å². The maximum Gasteiger partial charge on any atom is 0.282 e. The highest BCUT2D eigenvalue weighted by atomic mass is 79.9. The van der Waals surface area contributed by atoms with E-state index in [1.165, 1.54) is 17.2 Å². The zero-order valence-corrected chi connectivity index (χ0v) is 23.8. The van der Waals surface area contributed by atoms with Gasteiger partial charge in [0.15, 0.2) is 11.5 Å². The molecule has 202 valence electrons. The van der Waals surface area contributed by atoms with Crippen molar-refractivity contribution in [3.8, 4) is 11.5 Å². The Bertz CT molecular complexity index is 1580. The van der Waals surface area contributed by atoms with Gasteiger partial charge in [-0.3, -0.25) is 4.79 Å². The Labute approximate surface area is 239 Å². The molecule has 1 aliphatic rings. The third-order valence-corrected chi connectivity index (χ3v) is 8.29. The Morgan fingerprint density at radius 2 is 1.87 bits per heavy atom. The first kappa shape index (κ1) is 27.3. The highest BCUT2D eigenvalue weighted by Gasteiger charge is 2.23. The maximum absolute atomic E-state index is 14.1. The van der Waals surface area contributed by atoms with Gasteiger partial charge < -0.3 is 9.47 Å². The van der Waals surface area contributed by atoms with Gasteiger partial charge in [-0.25, -0.2) is 9.37 Å². The second-order valence-corrected chi connectivity index (χ2v) is 10.6. The van der Waals surface area contributed by atoms with E-state index >= 15 is 0 Å². The van der Waals surface area contributed by atoms with Crippen LogP contribution in [0.25, 0.3) is 10.9 Å². The minimum atomic E-state index is -0.363. The lowest BCUT2D eigenvalue weighted by Gasteiger charge is -2.22. The van der Waals surface area contributed by atoms with Crippen molar-refractivity contribution < 1.29 is 13.9 Å². The molecule has 0 radical (unpaired) electrons. The summed E-state index contributed by atoms with van der Waals surface area (Å²) >= 11 is 10.2. The summed E-state index contributed by atoms with van der Waals surface area (Å²) in [5, 5.41) is 5.39. The summed E-state index contributed by atoms with van der Waals surface area (Å²) in [6.45, 7) is 2.20. The zero-order chi connectivity index (χ0) is 27.4. The average molecular weight is 613 g/mol. The number of ether oxygens (including phenoxy) is 2. The molecule has 39 heavy (non-hydrogen) atoms. The topological polar surface area (TPSA) is 65.7 Å². The number of halogens is 3. The molecule has 1 aromatic heterocycles. The molecule has 1 aliphatic carbocycles. The smallest absolute Gasteiger partial charge is 0.282 e. The van der Waals surface area contributed by atoms with Crippen molar-refractivity contribution in [2.45, 2.75) is 51.6 Å². The van der Waals surface area contributed by atoms with Gasteiger partial charge in [0.05, 0.1) is 23.7 Å². The van der Waals surface area contributed by atoms with Crippen LogP contribution in [-0.4, -0.2) is 22.5 Å². The van der Waals surface area contributed by atoms with E-state index in [9.17, 15) is 9.18 Å². The van der Waals surface area contributed by atoms with Gasteiger partial charge in [-0.05, 0) is 60.0 Å². The normalized spacial score (nSPS) is 14.3. The SMILES string of the molecule is CCOc1cc(C=Nn2c(C3CCCCC3)nc3ccccc3c2=O)c(Br)c(Cl)c1OCc1ccccc1F. The second-order valence-electron chi connectivity index (χ2n) is 9.42. The summed E-state index contributed by atoms with van der Waals surface area (Å²) in [6.07, 6.45) is 6.91. The minimum Gasteiger partial charge on any atom is -0.490 e. The van der Waals surface area contributed by atoms with Crippen LogP contribution in [0.1, 0.15) is 61.9 Å². The van der Waals surface area contributed by atoms with E-state index in [0.717, 1.165) is 25.7 Å². The Hall–Kier alpha value is -3.23. The minimum absolute atomic E-state index is 0.0186. The lowest BCUT2D eigenvalue weighted by Crippen LogP contribution is -2.25. The van der Waals surface area contributed by atoms with Crippen LogP contribution in [0.2, 0.25) is 5.02 Å². The van der Waals surface area contributed by atoms with Gasteiger partial charge in [-0.1, -0.05) is 61.2 Å². The summed E-state index contributed by atoms with van der Waals surface area (Å²) in [4.78, 5) is 18.4. The van der Waals surface area contributed by atoms with E-state index < -0.39 is 0 Å². The Morgan fingerprint density at radius 3 is 2.64 bits per heavy atom. The van der Waals surface area contributed by atoms with Crippen LogP contribution in [0.15, 0.2) is 69.0 Å². The number of aromatic nitrogens is 2. The standard InChI is InChI=1S/C30H28BrClFN3O3/c1-2-38-25-16-21(26(31)27(32)28(25)39-18-20-12-6-8-14-23(20)33)17-34-36-29(19-10-4-3-5-11-19)35-24-15-9-7-13-22(24)30(36)37/h6-9,12-17,19H,2-5,10-11,18H2,1H3. The Morgan fingerprint density at radius 1 is 1.13 bits per heavy atom. The van der Waals surface area contributed by atoms with Gasteiger partial charge in [0.1, 0.15) is 23.3 Å². The fourth-order valence-corrected chi connectivity index (χ4v) is 5.51. The molecule has 0 aliphatic heterocycles. The fraction of sp³-hybridized carbons (Fsp3) is 0.300. The first-order valence-corrected chi connectivity index (χ1v) is 14.2. The quantitative estimate of drug-likeness (QED) is 0.190. The summed E-state index contributed by atoms with van der Waals surface area (Å²) in [6, 6.07) is 15.5. The lowest BCUT2D eigenvalue weighted by molar-refractivity contribution is 0.266. The van der Waals surface area contributed by atoms with E-state index in [1.54, 1.807) is 36.5 Å². The maximum atomic E-state index is 14.1. The van der Waals surface area contributed by atoms with Crippen molar-refractivity contribution >= 4 is 44.6 Å². The predicted octanol–water partition coefficient (Wildman–Crippen LogP) is 7.86. The highest BCUT2D eigenvalue weighted by molar-refractivity contribution is 9.10. The molecule has 0 bridgehead atoms. The van der Waals surface area contributed by atoms with E-state index in [-0.39, 0.29) is 28.9 Å². The molecule has 1 heterocycles. The van der Waals surface area contributed by atoms with Gasteiger partial charge in [0.25, 0.3) is 5.56 Å². The monoisotopic (exact) mass is 611 g/mol. The number of hydrogen-bond acceptors (Lipinski definition) is 5. The molecule has 0 saturated heterocycles. The van der Waals surface area contributed by atoms with Crippen LogP contribution in [0.5, 0.6) is 11.5 Å². The zero-order valence-electron chi connectivity index (χ0n) is 21.5. The number of rotatable bonds is 8. The third-order valence-electron chi connectivity index (χ3n) is 6.85. The van der Waals surface area contributed by atoms with Gasteiger partial charge >= 0.3 is 0 Å². The molecule has 0 N–H and O–H groups in total. The summed E-state index contributed by atoms with van der Waals surface area (Å²) in [5.74, 6) is 1.15. The van der Waals surface area contributed by atoms with Crippen LogP contribution in [0.4, 0.5) is 4.39 Å². The number of hydrogen-bond donors (Lipinski definition) is 0. The molecular formula is C30H28BrClFN3O3. The molecule has 0 unspecified atom stereocenters. The first-order valence-electron chi connectivity index (χ1n) is 13.0. The molecule has 0 spiro atoms. The van der Waals surface area contributed by atoms with E-state index in [4.69, 9.17) is 26.1 Å². The third kappa shape index (κ3) is 5.87. The molecule has 4 aromatic rings. The summed E-state index contributed by atoms with van der Waals surface area (Å²) < 4.78 is 27.8. The van der Waals surface area contributed by atoms with Crippen LogP contribution < -0.4 is 15.0 Å². The Kier molecular flexibility index (Phi) is 8.63. The molecule has 1 fully saturated rings. The van der Waals surface area contributed by atoms with Crippen molar-refractivity contribution in [2.75, 3.05) is 6.61 Å². The molecule has 1 saturated carbocycles. The van der Waals surface area contributed by atoms with Gasteiger partial charge in [-0.15, -0.1) is 0 Å². The Balaban J connectivity index is 1.54. The molecule has 5 rings (SSSR count). The van der Waals surface area contributed by atoms with Crippen molar-refractivity contribution in [3.63, 3.8) is 0 Å². The van der Waals surface area contributed by atoms with Gasteiger partial charge in [0.2, 0.25) is 0 Å². The first-order chi connectivity index (χ1) is 19.0. The predicted molar refractivity (Wildman–Crippen MR) is 156 cm³/mol. The molecular weight excluding hydrogens is 585 g/mol. The van der Waals surface area contributed by atoms with Crippen molar-refractivity contribution in [3.05, 3.63) is 97.2 Å². The summed E-state index contributed by atoms with van der Waals surface area (Å²) in [5.41, 5.74) is 1.45. The largest absolute Gasteiger partial charge is 0.490 e. The van der Waals surface area contributed by atoms with Crippen LogP contribution in [0.3, 0.4) is 0 Å². The average Bonchev–Trinajstić information content (AvgIpc) is 2.96. The van der Waals surface area contributed by atoms with Crippen LogP contribution >= 0.6 is 27.5 Å². The number of benzene rings is 3. The molecule has 0 amide bonds. The second kappa shape index (κ2) is 12.3. The molecule has 6 nitrogen and oxygen atoms in total. The number of fused-ring (bicyclic) bond motifs is 1.